The molecule has 0 fully saturated rings. The summed E-state index contributed by atoms with van der Waals surface area (Å²) in [5.74, 6) is 2.05. The zero-order valence-electron chi connectivity index (χ0n) is 15.4. The molecule has 0 bridgehead atoms. The van der Waals surface area contributed by atoms with Gasteiger partial charge in [-0.1, -0.05) is 36.9 Å². The van der Waals surface area contributed by atoms with Crippen LogP contribution in [-0.2, 0) is 4.79 Å². The van der Waals surface area contributed by atoms with Gasteiger partial charge in [0.1, 0.15) is 23.9 Å². The first-order valence-electron chi connectivity index (χ1n) is 8.93. The first-order chi connectivity index (χ1) is 13.7. The van der Waals surface area contributed by atoms with E-state index in [1.807, 2.05) is 72.8 Å². The highest BCUT2D eigenvalue weighted by atomic mass is 16.5. The van der Waals surface area contributed by atoms with Crippen LogP contribution in [0.1, 0.15) is 0 Å². The quantitative estimate of drug-likeness (QED) is 0.512. The molecule has 3 aromatic carbocycles. The highest BCUT2D eigenvalue weighted by Gasteiger charge is 2.04. The van der Waals surface area contributed by atoms with Crippen molar-refractivity contribution in [3.8, 4) is 17.2 Å². The molecule has 0 saturated carbocycles. The molecule has 142 valence electrons. The number of nitrogens with one attached hydrogen (secondary N) is 2. The van der Waals surface area contributed by atoms with Crippen LogP contribution in [0, 0.1) is 0 Å². The van der Waals surface area contributed by atoms with E-state index in [4.69, 9.17) is 9.47 Å². The lowest BCUT2D eigenvalue weighted by Crippen LogP contribution is -2.21. The zero-order chi connectivity index (χ0) is 19.6. The van der Waals surface area contributed by atoms with Crippen LogP contribution in [0.15, 0.2) is 91.5 Å². The van der Waals surface area contributed by atoms with E-state index < -0.39 is 0 Å². The van der Waals surface area contributed by atoms with Gasteiger partial charge in [-0.05, 0) is 48.5 Å². The minimum atomic E-state index is -0.148. The highest BCUT2D eigenvalue weighted by molar-refractivity contribution is 5.93. The Morgan fingerprint density at radius 1 is 0.857 bits per heavy atom. The highest BCUT2D eigenvalue weighted by Crippen LogP contribution is 2.22. The molecule has 1 amide bonds. The van der Waals surface area contributed by atoms with E-state index in [0.29, 0.717) is 18.0 Å². The van der Waals surface area contributed by atoms with Gasteiger partial charge < -0.3 is 20.1 Å². The Balaban J connectivity index is 1.48. The fourth-order valence-corrected chi connectivity index (χ4v) is 2.47. The van der Waals surface area contributed by atoms with E-state index in [0.717, 1.165) is 17.2 Å². The second-order valence-electron chi connectivity index (χ2n) is 5.97. The normalized spacial score (nSPS) is 10.0. The second kappa shape index (κ2) is 9.83. The maximum Gasteiger partial charge on any atom is 0.243 e. The predicted octanol–water partition coefficient (Wildman–Crippen LogP) is 5.09. The Kier molecular flexibility index (Phi) is 6.68. The van der Waals surface area contributed by atoms with Crippen molar-refractivity contribution in [3.63, 3.8) is 0 Å². The maximum atomic E-state index is 12.2. The zero-order valence-corrected chi connectivity index (χ0v) is 15.4. The van der Waals surface area contributed by atoms with Crippen LogP contribution >= 0.6 is 0 Å². The molecular weight excluding hydrogens is 352 g/mol. The Labute approximate surface area is 164 Å². The molecule has 2 N–H and O–H groups in total. The van der Waals surface area contributed by atoms with Gasteiger partial charge in [-0.25, -0.2) is 0 Å². The van der Waals surface area contributed by atoms with Crippen molar-refractivity contribution in [2.24, 2.45) is 0 Å². The van der Waals surface area contributed by atoms with Crippen molar-refractivity contribution in [1.82, 2.24) is 0 Å². The molecule has 0 aliphatic heterocycles. The molecule has 0 aromatic heterocycles. The Morgan fingerprint density at radius 3 is 2.32 bits per heavy atom. The SMILES string of the molecule is C=CCOc1cccc(NC(=O)CNc2ccc(Oc3ccccc3)cc2)c1. The summed E-state index contributed by atoms with van der Waals surface area (Å²) >= 11 is 0. The Morgan fingerprint density at radius 2 is 1.57 bits per heavy atom. The molecule has 5 nitrogen and oxygen atoms in total. The van der Waals surface area contributed by atoms with E-state index in [-0.39, 0.29) is 12.5 Å². The third kappa shape index (κ3) is 5.92. The molecule has 0 heterocycles. The summed E-state index contributed by atoms with van der Waals surface area (Å²) in [6, 6.07) is 24.3. The first kappa shape index (κ1) is 19.0. The van der Waals surface area contributed by atoms with Crippen molar-refractivity contribution >= 4 is 17.3 Å². The van der Waals surface area contributed by atoms with Gasteiger partial charge in [0, 0.05) is 17.4 Å². The van der Waals surface area contributed by atoms with Crippen molar-refractivity contribution in [1.29, 1.82) is 0 Å². The van der Waals surface area contributed by atoms with Gasteiger partial charge in [0.25, 0.3) is 0 Å². The van der Waals surface area contributed by atoms with Crippen LogP contribution in [0.5, 0.6) is 17.2 Å². The number of anilines is 2. The number of para-hydroxylation sites is 1. The van der Waals surface area contributed by atoms with Crippen LogP contribution in [0.4, 0.5) is 11.4 Å². The minimum absolute atomic E-state index is 0.148. The molecule has 28 heavy (non-hydrogen) atoms. The van der Waals surface area contributed by atoms with Gasteiger partial charge in [-0.2, -0.15) is 0 Å². The Bertz CT molecular complexity index is 909. The number of amides is 1. The lowest BCUT2D eigenvalue weighted by Gasteiger charge is -2.10. The van der Waals surface area contributed by atoms with E-state index in [9.17, 15) is 4.79 Å². The number of hydrogen-bond acceptors (Lipinski definition) is 4. The fraction of sp³-hybridized carbons (Fsp3) is 0.0870. The summed E-state index contributed by atoms with van der Waals surface area (Å²) in [6.45, 7) is 4.18. The third-order valence-corrected chi connectivity index (χ3v) is 3.77. The number of rotatable bonds is 9. The predicted molar refractivity (Wildman–Crippen MR) is 112 cm³/mol. The largest absolute Gasteiger partial charge is 0.489 e. The average molecular weight is 374 g/mol. The van der Waals surface area contributed by atoms with Gasteiger partial charge in [-0.15, -0.1) is 0 Å². The molecule has 3 rings (SSSR count). The first-order valence-corrected chi connectivity index (χ1v) is 8.93. The molecule has 0 aliphatic carbocycles. The molecule has 0 spiro atoms. The van der Waals surface area contributed by atoms with Crippen molar-refractivity contribution < 1.29 is 14.3 Å². The van der Waals surface area contributed by atoms with Crippen molar-refractivity contribution in [3.05, 3.63) is 91.5 Å². The Hall–Kier alpha value is -3.73. The van der Waals surface area contributed by atoms with Crippen molar-refractivity contribution in [2.75, 3.05) is 23.8 Å². The minimum Gasteiger partial charge on any atom is -0.489 e. The molecule has 0 saturated heterocycles. The number of hydrogen-bond donors (Lipinski definition) is 2. The molecule has 0 aliphatic rings. The van der Waals surface area contributed by atoms with Crippen LogP contribution in [-0.4, -0.2) is 19.1 Å². The maximum absolute atomic E-state index is 12.2. The summed E-state index contributed by atoms with van der Waals surface area (Å²) in [7, 11) is 0. The molecule has 5 heteroatoms. The second-order valence-corrected chi connectivity index (χ2v) is 5.97. The summed E-state index contributed by atoms with van der Waals surface area (Å²) < 4.78 is 11.2. The lowest BCUT2D eigenvalue weighted by molar-refractivity contribution is -0.114. The summed E-state index contributed by atoms with van der Waals surface area (Å²) in [4.78, 5) is 12.2. The molecule has 0 atom stereocenters. The fourth-order valence-electron chi connectivity index (χ4n) is 2.47. The monoisotopic (exact) mass is 374 g/mol. The van der Waals surface area contributed by atoms with Gasteiger partial charge in [0.15, 0.2) is 0 Å². The van der Waals surface area contributed by atoms with Crippen LogP contribution in [0.25, 0.3) is 0 Å². The topological polar surface area (TPSA) is 59.6 Å². The summed E-state index contributed by atoms with van der Waals surface area (Å²) in [5, 5.41) is 5.93. The molecular formula is C23H22N2O3. The number of carbonyl (C=O) groups excluding carboxylic acids is 1. The summed E-state index contributed by atoms with van der Waals surface area (Å²) in [5.41, 5.74) is 1.51. The van der Waals surface area contributed by atoms with Gasteiger partial charge in [-0.3, -0.25) is 4.79 Å². The van der Waals surface area contributed by atoms with Crippen LogP contribution in [0.3, 0.4) is 0 Å². The lowest BCUT2D eigenvalue weighted by atomic mass is 10.3. The van der Waals surface area contributed by atoms with Crippen LogP contribution in [0.2, 0.25) is 0 Å². The van der Waals surface area contributed by atoms with E-state index >= 15 is 0 Å². The number of benzene rings is 3. The van der Waals surface area contributed by atoms with E-state index in [2.05, 4.69) is 17.2 Å². The van der Waals surface area contributed by atoms with Crippen LogP contribution < -0.4 is 20.1 Å². The van der Waals surface area contributed by atoms with E-state index in [1.54, 1.807) is 12.1 Å². The molecule has 3 aromatic rings. The smallest absolute Gasteiger partial charge is 0.243 e. The van der Waals surface area contributed by atoms with Crippen molar-refractivity contribution in [2.45, 2.75) is 0 Å². The van der Waals surface area contributed by atoms with Gasteiger partial charge in [0.05, 0.1) is 6.54 Å². The molecule has 0 unspecified atom stereocenters. The van der Waals surface area contributed by atoms with Gasteiger partial charge in [0.2, 0.25) is 5.91 Å². The third-order valence-electron chi connectivity index (χ3n) is 3.77. The summed E-state index contributed by atoms with van der Waals surface area (Å²) in [6.07, 6.45) is 1.67. The number of ether oxygens (including phenoxy) is 2. The molecule has 0 radical (unpaired) electrons. The van der Waals surface area contributed by atoms with E-state index in [1.165, 1.54) is 0 Å². The number of carbonyl (C=O) groups is 1. The standard InChI is InChI=1S/C23H22N2O3/c1-2-15-27-22-10-6-7-19(16-22)25-23(26)17-24-18-11-13-21(14-12-18)28-20-8-4-3-5-9-20/h2-14,16,24H,1,15,17H2,(H,25,26). The van der Waals surface area contributed by atoms with Gasteiger partial charge >= 0.3 is 0 Å². The average Bonchev–Trinajstić information content (AvgIpc) is 2.73.